The van der Waals surface area contributed by atoms with Crippen LogP contribution >= 0.6 is 11.3 Å². The first-order chi connectivity index (χ1) is 9.31. The minimum absolute atomic E-state index is 0.125. The highest BCUT2D eigenvalue weighted by molar-refractivity contribution is 7.11. The van der Waals surface area contributed by atoms with Crippen LogP contribution < -0.4 is 5.32 Å². The third kappa shape index (κ3) is 6.72. The predicted octanol–water partition coefficient (Wildman–Crippen LogP) is 4.02. The van der Waals surface area contributed by atoms with Gasteiger partial charge in [-0.3, -0.25) is 4.90 Å². The van der Waals surface area contributed by atoms with E-state index in [0.717, 1.165) is 24.4 Å². The Bertz CT molecular complexity index is 388. The molecule has 20 heavy (non-hydrogen) atoms. The highest BCUT2D eigenvalue weighted by Gasteiger charge is 2.31. The summed E-state index contributed by atoms with van der Waals surface area (Å²) in [5.41, 5.74) is 0. The van der Waals surface area contributed by atoms with Crippen LogP contribution in [0.25, 0.3) is 0 Å². The minimum atomic E-state index is -4.15. The monoisotopic (exact) mass is 308 g/mol. The van der Waals surface area contributed by atoms with Crippen molar-refractivity contribution in [2.45, 2.75) is 52.5 Å². The molecular formula is C14H23F3N2S. The quantitative estimate of drug-likeness (QED) is 0.730. The van der Waals surface area contributed by atoms with Gasteiger partial charge in [0.2, 0.25) is 0 Å². The van der Waals surface area contributed by atoms with E-state index in [0.29, 0.717) is 6.54 Å². The summed E-state index contributed by atoms with van der Waals surface area (Å²) in [6, 6.07) is 3.80. The van der Waals surface area contributed by atoms with E-state index in [2.05, 4.69) is 12.2 Å². The largest absolute Gasteiger partial charge is 0.401 e. The summed E-state index contributed by atoms with van der Waals surface area (Å²) in [6.07, 6.45) is -3.07. The summed E-state index contributed by atoms with van der Waals surface area (Å²) in [6.45, 7) is 6.94. The molecule has 2 nitrogen and oxygen atoms in total. The van der Waals surface area contributed by atoms with Crippen LogP contribution in [0.3, 0.4) is 0 Å². The molecule has 0 spiro atoms. The third-order valence-electron chi connectivity index (χ3n) is 2.91. The topological polar surface area (TPSA) is 15.3 Å². The molecule has 1 aromatic heterocycles. The molecule has 0 aliphatic rings. The number of hydrogen-bond donors (Lipinski definition) is 1. The fourth-order valence-electron chi connectivity index (χ4n) is 1.84. The molecule has 116 valence electrons. The van der Waals surface area contributed by atoms with E-state index in [1.165, 1.54) is 9.78 Å². The number of hydrogen-bond acceptors (Lipinski definition) is 3. The number of nitrogens with one attached hydrogen (secondary N) is 1. The predicted molar refractivity (Wildman–Crippen MR) is 77.9 cm³/mol. The van der Waals surface area contributed by atoms with Crippen LogP contribution in [-0.4, -0.2) is 30.2 Å². The van der Waals surface area contributed by atoms with Crippen molar-refractivity contribution in [2.75, 3.05) is 13.1 Å². The van der Waals surface area contributed by atoms with Crippen molar-refractivity contribution < 1.29 is 13.2 Å². The molecule has 0 aliphatic carbocycles. The summed E-state index contributed by atoms with van der Waals surface area (Å²) < 4.78 is 37.6. The van der Waals surface area contributed by atoms with E-state index in [1.54, 1.807) is 25.2 Å². The van der Waals surface area contributed by atoms with E-state index in [4.69, 9.17) is 0 Å². The molecule has 0 aliphatic heterocycles. The Balaban J connectivity index is 2.56. The number of nitrogens with zero attached hydrogens (tertiary/aromatic N) is 1. The average Bonchev–Trinajstić information content (AvgIpc) is 2.74. The van der Waals surface area contributed by atoms with Crippen molar-refractivity contribution in [3.63, 3.8) is 0 Å². The van der Waals surface area contributed by atoms with Crippen molar-refractivity contribution in [1.29, 1.82) is 0 Å². The molecule has 0 atom stereocenters. The van der Waals surface area contributed by atoms with Gasteiger partial charge in [-0.1, -0.05) is 6.92 Å². The van der Waals surface area contributed by atoms with Crippen molar-refractivity contribution in [2.24, 2.45) is 0 Å². The van der Waals surface area contributed by atoms with Crippen LogP contribution in [0.4, 0.5) is 13.2 Å². The maximum atomic E-state index is 12.5. The summed E-state index contributed by atoms with van der Waals surface area (Å²) in [5, 5.41) is 3.30. The Morgan fingerprint density at radius 2 is 1.90 bits per heavy atom. The fourth-order valence-corrected chi connectivity index (χ4v) is 2.86. The molecule has 0 unspecified atom stereocenters. The van der Waals surface area contributed by atoms with E-state index in [-0.39, 0.29) is 6.04 Å². The number of rotatable bonds is 8. The molecule has 0 saturated heterocycles. The Labute approximate surface area is 123 Å². The van der Waals surface area contributed by atoms with E-state index in [1.807, 2.05) is 12.1 Å². The Hall–Kier alpha value is -0.590. The Kier molecular flexibility index (Phi) is 6.99. The highest BCUT2D eigenvalue weighted by atomic mass is 32.1. The Morgan fingerprint density at radius 3 is 2.45 bits per heavy atom. The molecule has 1 aromatic rings. The molecule has 0 amide bonds. The maximum absolute atomic E-state index is 12.5. The van der Waals surface area contributed by atoms with Crippen LogP contribution in [0.15, 0.2) is 12.1 Å². The molecule has 0 aromatic carbocycles. The van der Waals surface area contributed by atoms with Crippen molar-refractivity contribution in [1.82, 2.24) is 10.2 Å². The molecule has 0 fully saturated rings. The van der Waals surface area contributed by atoms with Crippen molar-refractivity contribution in [3.05, 3.63) is 21.9 Å². The van der Waals surface area contributed by atoms with Gasteiger partial charge in [-0.25, -0.2) is 0 Å². The van der Waals surface area contributed by atoms with E-state index >= 15 is 0 Å². The molecule has 1 rings (SSSR count). The van der Waals surface area contributed by atoms with Gasteiger partial charge in [0.15, 0.2) is 0 Å². The second-order valence-electron chi connectivity index (χ2n) is 5.16. The van der Waals surface area contributed by atoms with Gasteiger partial charge in [-0.2, -0.15) is 13.2 Å². The smallest absolute Gasteiger partial charge is 0.312 e. The summed E-state index contributed by atoms with van der Waals surface area (Å²) >= 11 is 1.58. The Morgan fingerprint density at radius 1 is 1.25 bits per heavy atom. The molecule has 0 saturated carbocycles. The standard InChI is InChI=1S/C14H23F3N2S/c1-4-7-18-8-12-5-6-13(20-12)9-19(11(2)3)10-14(15,16)17/h5-6,11,18H,4,7-10H2,1-3H3. The van der Waals surface area contributed by atoms with Gasteiger partial charge in [0.25, 0.3) is 0 Å². The summed E-state index contributed by atoms with van der Waals surface area (Å²) in [4.78, 5) is 3.61. The van der Waals surface area contributed by atoms with Gasteiger partial charge >= 0.3 is 6.18 Å². The first-order valence-electron chi connectivity index (χ1n) is 6.91. The van der Waals surface area contributed by atoms with Gasteiger partial charge in [0, 0.05) is 28.9 Å². The summed E-state index contributed by atoms with van der Waals surface area (Å²) in [5.74, 6) is 0. The highest BCUT2D eigenvalue weighted by Crippen LogP contribution is 2.23. The second kappa shape index (κ2) is 8.00. The van der Waals surface area contributed by atoms with E-state index < -0.39 is 12.7 Å². The molecule has 0 radical (unpaired) electrons. The molecule has 6 heteroatoms. The summed E-state index contributed by atoms with van der Waals surface area (Å²) in [7, 11) is 0. The molecule has 1 heterocycles. The van der Waals surface area contributed by atoms with E-state index in [9.17, 15) is 13.2 Å². The zero-order valence-corrected chi connectivity index (χ0v) is 13.1. The SMILES string of the molecule is CCCNCc1ccc(CN(CC(F)(F)F)C(C)C)s1. The fraction of sp³-hybridized carbons (Fsp3) is 0.714. The number of thiophene rings is 1. The average molecular weight is 308 g/mol. The maximum Gasteiger partial charge on any atom is 0.401 e. The number of alkyl halides is 3. The van der Waals surface area contributed by atoms with Crippen molar-refractivity contribution in [3.8, 4) is 0 Å². The van der Waals surface area contributed by atoms with Crippen LogP contribution in [-0.2, 0) is 13.1 Å². The van der Waals surface area contributed by atoms with Crippen LogP contribution in [0.2, 0.25) is 0 Å². The third-order valence-corrected chi connectivity index (χ3v) is 3.98. The van der Waals surface area contributed by atoms with Gasteiger partial charge in [0.1, 0.15) is 0 Å². The molecular weight excluding hydrogens is 285 g/mol. The van der Waals surface area contributed by atoms with Gasteiger partial charge in [-0.05, 0) is 38.9 Å². The zero-order valence-electron chi connectivity index (χ0n) is 12.3. The van der Waals surface area contributed by atoms with Gasteiger partial charge in [0.05, 0.1) is 6.54 Å². The lowest BCUT2D eigenvalue weighted by atomic mass is 10.3. The minimum Gasteiger partial charge on any atom is -0.312 e. The molecule has 0 bridgehead atoms. The van der Waals surface area contributed by atoms with Gasteiger partial charge in [-0.15, -0.1) is 11.3 Å². The zero-order chi connectivity index (χ0) is 15.2. The van der Waals surface area contributed by atoms with Crippen molar-refractivity contribution >= 4 is 11.3 Å². The lowest BCUT2D eigenvalue weighted by molar-refractivity contribution is -0.150. The van der Waals surface area contributed by atoms with Gasteiger partial charge < -0.3 is 5.32 Å². The normalized spacial score (nSPS) is 12.6. The lowest BCUT2D eigenvalue weighted by Crippen LogP contribution is -2.38. The van der Waals surface area contributed by atoms with Crippen LogP contribution in [0, 0.1) is 0 Å². The van der Waals surface area contributed by atoms with Crippen LogP contribution in [0.1, 0.15) is 36.9 Å². The second-order valence-corrected chi connectivity index (χ2v) is 6.41. The first kappa shape index (κ1) is 17.5. The molecule has 1 N–H and O–H groups in total. The first-order valence-corrected chi connectivity index (χ1v) is 7.72. The lowest BCUT2D eigenvalue weighted by Gasteiger charge is -2.26. The van der Waals surface area contributed by atoms with Crippen LogP contribution in [0.5, 0.6) is 0 Å². The number of halogens is 3.